The average molecular weight is 572 g/mol. The number of carbonyl (C=O) groups excluding carboxylic acids is 2. The molecule has 0 bridgehead atoms. The first-order valence-electron chi connectivity index (χ1n) is 12.0. The Kier molecular flexibility index (Phi) is 10.8. The number of carbonyl (C=O) groups is 2. The quantitative estimate of drug-likeness (QED) is 0.429. The fourth-order valence-corrected chi connectivity index (χ4v) is 5.47. The Labute approximate surface area is 230 Å². The van der Waals surface area contributed by atoms with E-state index in [0.717, 1.165) is 14.2 Å². The van der Waals surface area contributed by atoms with Gasteiger partial charge in [-0.05, 0) is 63.4 Å². The van der Waals surface area contributed by atoms with Gasteiger partial charge < -0.3 is 10.2 Å². The van der Waals surface area contributed by atoms with Crippen LogP contribution in [0.15, 0.2) is 36.4 Å². The summed E-state index contributed by atoms with van der Waals surface area (Å²) >= 11 is 12.8. The van der Waals surface area contributed by atoms with E-state index in [1.807, 2.05) is 26.8 Å². The molecule has 8 nitrogen and oxygen atoms in total. The first kappa shape index (κ1) is 30.9. The average Bonchev–Trinajstić information content (AvgIpc) is 2.80. The highest BCUT2D eigenvalue weighted by Crippen LogP contribution is 2.29. The molecule has 1 atom stereocenters. The molecule has 2 aromatic rings. The summed E-state index contributed by atoms with van der Waals surface area (Å²) in [4.78, 5) is 28.4. The lowest BCUT2D eigenvalue weighted by molar-refractivity contribution is -0.140. The minimum Gasteiger partial charge on any atom is -0.352 e. The van der Waals surface area contributed by atoms with Crippen molar-refractivity contribution in [2.45, 2.75) is 59.7 Å². The molecule has 204 valence electrons. The fourth-order valence-electron chi connectivity index (χ4n) is 3.84. The van der Waals surface area contributed by atoms with Crippen LogP contribution in [0.4, 0.5) is 5.69 Å². The highest BCUT2D eigenvalue weighted by molar-refractivity contribution is 7.90. The van der Waals surface area contributed by atoms with Crippen molar-refractivity contribution in [3.63, 3.8) is 0 Å². The highest BCUT2D eigenvalue weighted by atomic mass is 35.5. The van der Waals surface area contributed by atoms with E-state index in [1.54, 1.807) is 44.2 Å². The second-order valence-electron chi connectivity index (χ2n) is 9.40. The Morgan fingerprint density at radius 1 is 1.03 bits per heavy atom. The smallest absolute Gasteiger partial charge is 0.304 e. The molecule has 0 saturated heterocycles. The molecule has 2 rings (SSSR count). The number of aryl methyl sites for hydroxylation is 2. The van der Waals surface area contributed by atoms with Gasteiger partial charge >= 0.3 is 10.2 Å². The van der Waals surface area contributed by atoms with Gasteiger partial charge in [-0.25, -0.2) is 4.31 Å². The summed E-state index contributed by atoms with van der Waals surface area (Å²) < 4.78 is 28.9. The van der Waals surface area contributed by atoms with Crippen LogP contribution in [0.3, 0.4) is 0 Å². The lowest BCUT2D eigenvalue weighted by Gasteiger charge is -2.35. The van der Waals surface area contributed by atoms with E-state index in [2.05, 4.69) is 5.32 Å². The van der Waals surface area contributed by atoms with Gasteiger partial charge in [0.2, 0.25) is 11.8 Å². The molecule has 1 N–H and O–H groups in total. The number of amides is 2. The Hall–Kier alpha value is -2.33. The molecule has 11 heteroatoms. The zero-order valence-electron chi connectivity index (χ0n) is 22.4. The number of rotatable bonds is 11. The maximum Gasteiger partial charge on any atom is 0.304 e. The maximum atomic E-state index is 13.9. The first-order chi connectivity index (χ1) is 17.2. The Bertz CT molecular complexity index is 1210. The van der Waals surface area contributed by atoms with E-state index < -0.39 is 28.7 Å². The highest BCUT2D eigenvalue weighted by Gasteiger charge is 2.35. The number of anilines is 1. The van der Waals surface area contributed by atoms with Crippen molar-refractivity contribution in [2.75, 3.05) is 24.9 Å². The summed E-state index contributed by atoms with van der Waals surface area (Å²) in [7, 11) is -1.24. The normalized spacial score (nSPS) is 12.5. The zero-order chi connectivity index (χ0) is 28.1. The van der Waals surface area contributed by atoms with E-state index >= 15 is 0 Å². The van der Waals surface area contributed by atoms with Crippen molar-refractivity contribution >= 4 is 50.9 Å². The number of benzene rings is 2. The van der Waals surface area contributed by atoms with Gasteiger partial charge in [0, 0.05) is 42.3 Å². The molecule has 0 aromatic heterocycles. The molecular formula is C26H36Cl2N4O4S. The van der Waals surface area contributed by atoms with Crippen LogP contribution >= 0.6 is 23.2 Å². The van der Waals surface area contributed by atoms with Gasteiger partial charge in [-0.2, -0.15) is 12.7 Å². The summed E-state index contributed by atoms with van der Waals surface area (Å²) in [6.07, 6.45) is 0.302. The van der Waals surface area contributed by atoms with Crippen molar-refractivity contribution in [3.05, 3.63) is 63.1 Å². The lowest BCUT2D eigenvalue weighted by atomic mass is 10.1. The van der Waals surface area contributed by atoms with Crippen LogP contribution in [-0.2, 0) is 26.3 Å². The SMILES string of the molecule is CC[C@H](C(=O)NC(C)C)N(Cc1c(Cl)cccc1Cl)C(=O)CN(c1cc(C)ccc1C)S(=O)(=O)N(C)C. The van der Waals surface area contributed by atoms with Crippen molar-refractivity contribution in [1.82, 2.24) is 14.5 Å². The number of nitrogens with one attached hydrogen (secondary N) is 1. The molecule has 0 aliphatic heterocycles. The summed E-state index contributed by atoms with van der Waals surface area (Å²) in [6.45, 7) is 8.49. The minimum atomic E-state index is -4.05. The number of hydrogen-bond donors (Lipinski definition) is 1. The Balaban J connectivity index is 2.62. The predicted octanol–water partition coefficient (Wildman–Crippen LogP) is 4.56. The van der Waals surface area contributed by atoms with Crippen molar-refractivity contribution in [2.24, 2.45) is 0 Å². The van der Waals surface area contributed by atoms with E-state index in [9.17, 15) is 18.0 Å². The molecule has 0 aliphatic carbocycles. The molecule has 2 aromatic carbocycles. The number of hydrogen-bond acceptors (Lipinski definition) is 4. The van der Waals surface area contributed by atoms with E-state index in [0.29, 0.717) is 33.3 Å². The third-order valence-electron chi connectivity index (χ3n) is 5.86. The van der Waals surface area contributed by atoms with Crippen LogP contribution in [0.5, 0.6) is 0 Å². The molecule has 37 heavy (non-hydrogen) atoms. The zero-order valence-corrected chi connectivity index (χ0v) is 24.7. The van der Waals surface area contributed by atoms with Gasteiger partial charge in [0.15, 0.2) is 0 Å². The molecule has 2 amide bonds. The van der Waals surface area contributed by atoms with Gasteiger partial charge in [0.05, 0.1) is 5.69 Å². The second-order valence-corrected chi connectivity index (χ2v) is 12.3. The van der Waals surface area contributed by atoms with Crippen LogP contribution in [-0.4, -0.2) is 62.2 Å². The van der Waals surface area contributed by atoms with Crippen LogP contribution in [0.25, 0.3) is 0 Å². The summed E-state index contributed by atoms with van der Waals surface area (Å²) in [6, 6.07) is 9.37. The Morgan fingerprint density at radius 2 is 1.62 bits per heavy atom. The Morgan fingerprint density at radius 3 is 2.14 bits per heavy atom. The fraction of sp³-hybridized carbons (Fsp3) is 0.462. The first-order valence-corrected chi connectivity index (χ1v) is 14.2. The van der Waals surface area contributed by atoms with Crippen LogP contribution in [0.2, 0.25) is 10.0 Å². The maximum absolute atomic E-state index is 13.9. The van der Waals surface area contributed by atoms with Crippen molar-refractivity contribution in [3.8, 4) is 0 Å². The summed E-state index contributed by atoms with van der Waals surface area (Å²) in [5.41, 5.74) is 2.39. The van der Waals surface area contributed by atoms with Gasteiger partial charge in [-0.15, -0.1) is 0 Å². The molecule has 0 radical (unpaired) electrons. The largest absolute Gasteiger partial charge is 0.352 e. The standard InChI is InChI=1S/C26H36Cl2N4O4S/c1-8-23(26(34)29-17(2)3)31(15-20-21(27)10-9-11-22(20)28)25(33)16-32(37(35,36)30(6)7)24-14-18(4)12-13-19(24)5/h9-14,17,23H,8,15-16H2,1-7H3,(H,29,34)/t23-/m1/s1. The third kappa shape index (κ3) is 7.60. The number of halogens is 2. The summed E-state index contributed by atoms with van der Waals surface area (Å²) in [5.74, 6) is -0.907. The van der Waals surface area contributed by atoms with Crippen LogP contribution in [0.1, 0.15) is 43.9 Å². The van der Waals surface area contributed by atoms with Gasteiger partial charge in [-0.3, -0.25) is 9.59 Å². The molecule has 0 unspecified atom stereocenters. The van der Waals surface area contributed by atoms with Crippen molar-refractivity contribution < 1.29 is 18.0 Å². The van der Waals surface area contributed by atoms with E-state index in [4.69, 9.17) is 23.2 Å². The van der Waals surface area contributed by atoms with Gasteiger partial charge in [0.1, 0.15) is 12.6 Å². The third-order valence-corrected chi connectivity index (χ3v) is 8.37. The van der Waals surface area contributed by atoms with Crippen molar-refractivity contribution in [1.29, 1.82) is 0 Å². The van der Waals surface area contributed by atoms with E-state index in [1.165, 1.54) is 19.0 Å². The predicted molar refractivity (Wildman–Crippen MR) is 150 cm³/mol. The lowest BCUT2D eigenvalue weighted by Crippen LogP contribution is -2.54. The molecule has 0 fully saturated rings. The molecule has 0 aliphatic rings. The van der Waals surface area contributed by atoms with Crippen LogP contribution in [0, 0.1) is 13.8 Å². The number of nitrogens with zero attached hydrogens (tertiary/aromatic N) is 3. The van der Waals surface area contributed by atoms with Crippen LogP contribution < -0.4 is 9.62 Å². The monoisotopic (exact) mass is 570 g/mol. The minimum absolute atomic E-state index is 0.0655. The van der Waals surface area contributed by atoms with Gasteiger partial charge in [0.25, 0.3) is 0 Å². The molecule has 0 saturated carbocycles. The topological polar surface area (TPSA) is 90.0 Å². The molecular weight excluding hydrogens is 535 g/mol. The second kappa shape index (κ2) is 13.0. The van der Waals surface area contributed by atoms with E-state index in [-0.39, 0.29) is 18.5 Å². The molecule has 0 heterocycles. The summed E-state index contributed by atoms with van der Waals surface area (Å²) in [5, 5.41) is 3.54. The van der Waals surface area contributed by atoms with Gasteiger partial charge in [-0.1, -0.05) is 48.3 Å². The molecule has 0 spiro atoms.